The summed E-state index contributed by atoms with van der Waals surface area (Å²) in [6, 6.07) is 12.8. The second kappa shape index (κ2) is 5.54. The van der Waals surface area contributed by atoms with Crippen molar-refractivity contribution in [2.45, 2.75) is 36.5 Å². The van der Waals surface area contributed by atoms with Gasteiger partial charge in [-0.05, 0) is 36.8 Å². The number of aromatic nitrogens is 1. The molecule has 0 saturated heterocycles. The van der Waals surface area contributed by atoms with Gasteiger partial charge in [0.05, 0.1) is 10.6 Å². The van der Waals surface area contributed by atoms with E-state index in [9.17, 15) is 5.26 Å². The molecule has 0 unspecified atom stereocenters. The first-order valence-corrected chi connectivity index (χ1v) is 7.67. The van der Waals surface area contributed by atoms with Crippen LogP contribution in [0.1, 0.15) is 35.2 Å². The number of hydrogen-bond acceptors (Lipinski definition) is 2. The predicted molar refractivity (Wildman–Crippen MR) is 78.2 cm³/mol. The van der Waals surface area contributed by atoms with Crippen molar-refractivity contribution in [3.05, 3.63) is 52.7 Å². The maximum Gasteiger partial charge on any atom is 0.102 e. The van der Waals surface area contributed by atoms with Crippen LogP contribution in [0.2, 0.25) is 0 Å². The molecule has 1 aromatic carbocycles. The van der Waals surface area contributed by atoms with Gasteiger partial charge in [-0.15, -0.1) is 11.8 Å². The average Bonchev–Trinajstić information content (AvgIpc) is 2.83. The number of H-pyrrole nitrogens is 1. The minimum absolute atomic E-state index is 0.885. The van der Waals surface area contributed by atoms with Crippen LogP contribution in [0, 0.1) is 11.3 Å². The predicted octanol–water partition coefficient (Wildman–Crippen LogP) is 4.06. The minimum Gasteiger partial charge on any atom is -0.352 e. The van der Waals surface area contributed by atoms with Crippen LogP contribution in [0.4, 0.5) is 0 Å². The Labute approximate surface area is 117 Å². The molecule has 1 N–H and O–H groups in total. The summed E-state index contributed by atoms with van der Waals surface area (Å²) in [6.07, 6.45) is 4.60. The van der Waals surface area contributed by atoms with Gasteiger partial charge in [-0.25, -0.2) is 0 Å². The smallest absolute Gasteiger partial charge is 0.102 e. The fraction of sp³-hybridized carbons (Fsp3) is 0.312. The molecular weight excluding hydrogens is 252 g/mol. The molecule has 2 aromatic rings. The van der Waals surface area contributed by atoms with E-state index in [-0.39, 0.29) is 0 Å². The lowest BCUT2D eigenvalue weighted by molar-refractivity contribution is 0.675. The Morgan fingerprint density at radius 1 is 1.16 bits per heavy atom. The molecule has 3 heteroatoms. The maximum absolute atomic E-state index is 9.38. The van der Waals surface area contributed by atoms with Crippen LogP contribution in [-0.2, 0) is 18.6 Å². The molecule has 19 heavy (non-hydrogen) atoms. The van der Waals surface area contributed by atoms with Crippen molar-refractivity contribution in [3.63, 3.8) is 0 Å². The normalized spacial score (nSPS) is 13.8. The molecule has 0 atom stereocenters. The second-order valence-corrected chi connectivity index (χ2v) is 5.87. The largest absolute Gasteiger partial charge is 0.352 e. The summed E-state index contributed by atoms with van der Waals surface area (Å²) in [5.41, 5.74) is 4.74. The fourth-order valence-electron chi connectivity index (χ4n) is 2.61. The van der Waals surface area contributed by atoms with Gasteiger partial charge in [0.25, 0.3) is 0 Å². The first-order valence-electron chi connectivity index (χ1n) is 6.69. The molecule has 0 spiro atoms. The van der Waals surface area contributed by atoms with Crippen molar-refractivity contribution in [2.75, 3.05) is 0 Å². The number of thioether (sulfide) groups is 1. The lowest BCUT2D eigenvalue weighted by atomic mass is 9.95. The summed E-state index contributed by atoms with van der Waals surface area (Å²) in [5, 5.41) is 10.4. The number of hydrogen-bond donors (Lipinski definition) is 1. The van der Waals surface area contributed by atoms with Crippen LogP contribution < -0.4 is 0 Å². The molecule has 0 saturated carbocycles. The van der Waals surface area contributed by atoms with Gasteiger partial charge >= 0.3 is 0 Å². The number of nitrogens with one attached hydrogen (secondary N) is 1. The number of nitrogens with zero attached hydrogens (tertiary/aromatic N) is 1. The molecule has 1 aromatic heterocycles. The summed E-state index contributed by atoms with van der Waals surface area (Å²) in [4.78, 5) is 3.46. The van der Waals surface area contributed by atoms with Crippen LogP contribution >= 0.6 is 11.8 Å². The highest BCUT2D eigenvalue weighted by atomic mass is 32.2. The zero-order valence-electron chi connectivity index (χ0n) is 10.8. The van der Waals surface area contributed by atoms with E-state index in [1.807, 2.05) is 6.07 Å². The van der Waals surface area contributed by atoms with Crippen molar-refractivity contribution in [1.29, 1.82) is 5.26 Å². The van der Waals surface area contributed by atoms with E-state index in [2.05, 4.69) is 35.3 Å². The number of rotatable bonds is 3. The molecule has 0 aliphatic heterocycles. The van der Waals surface area contributed by atoms with Crippen LogP contribution in [0.15, 0.2) is 35.4 Å². The third kappa shape index (κ3) is 2.54. The van der Waals surface area contributed by atoms with E-state index in [0.29, 0.717) is 0 Å². The van der Waals surface area contributed by atoms with Crippen LogP contribution in [0.25, 0.3) is 0 Å². The highest BCUT2D eigenvalue weighted by molar-refractivity contribution is 7.98. The lowest BCUT2D eigenvalue weighted by Crippen LogP contribution is -2.01. The van der Waals surface area contributed by atoms with E-state index >= 15 is 0 Å². The van der Waals surface area contributed by atoms with E-state index in [1.165, 1.54) is 29.7 Å². The van der Waals surface area contributed by atoms with Gasteiger partial charge in [0, 0.05) is 11.4 Å². The van der Waals surface area contributed by atoms with Gasteiger partial charge in [-0.1, -0.05) is 30.3 Å². The van der Waals surface area contributed by atoms with Gasteiger partial charge in [0.1, 0.15) is 6.07 Å². The number of nitriles is 1. The minimum atomic E-state index is 0.885. The average molecular weight is 268 g/mol. The Balaban J connectivity index is 1.81. The van der Waals surface area contributed by atoms with E-state index in [1.54, 1.807) is 11.8 Å². The standard InChI is InChI=1S/C16H16N2S/c17-10-14-13-8-4-5-9-15(13)18-16(14)19-11-12-6-2-1-3-7-12/h1-3,6-7,18H,4-5,8-9,11H2. The summed E-state index contributed by atoms with van der Waals surface area (Å²) in [5.74, 6) is 0.912. The maximum atomic E-state index is 9.38. The van der Waals surface area contributed by atoms with Crippen molar-refractivity contribution < 1.29 is 0 Å². The van der Waals surface area contributed by atoms with Gasteiger partial charge < -0.3 is 4.98 Å². The molecule has 0 radical (unpaired) electrons. The highest BCUT2D eigenvalue weighted by Gasteiger charge is 2.19. The monoisotopic (exact) mass is 268 g/mol. The number of aromatic amines is 1. The Morgan fingerprint density at radius 3 is 2.74 bits per heavy atom. The SMILES string of the molecule is N#Cc1c(SCc2ccccc2)[nH]c2c1CCCC2. The molecule has 1 aliphatic rings. The van der Waals surface area contributed by atoms with E-state index in [0.717, 1.165) is 29.2 Å². The number of fused-ring (bicyclic) bond motifs is 1. The molecule has 0 amide bonds. The third-order valence-corrected chi connectivity index (χ3v) is 4.67. The molecule has 3 rings (SSSR count). The van der Waals surface area contributed by atoms with Gasteiger partial charge in [0.15, 0.2) is 0 Å². The number of benzene rings is 1. The lowest BCUT2D eigenvalue weighted by Gasteiger charge is -2.09. The second-order valence-electron chi connectivity index (χ2n) is 4.88. The quantitative estimate of drug-likeness (QED) is 0.853. The molecule has 96 valence electrons. The fourth-order valence-corrected chi connectivity index (χ4v) is 3.62. The van der Waals surface area contributed by atoms with Crippen molar-refractivity contribution in [3.8, 4) is 6.07 Å². The highest BCUT2D eigenvalue weighted by Crippen LogP contribution is 2.33. The Kier molecular flexibility index (Phi) is 3.61. The zero-order valence-corrected chi connectivity index (χ0v) is 11.6. The first kappa shape index (κ1) is 12.4. The van der Waals surface area contributed by atoms with Gasteiger partial charge in [-0.3, -0.25) is 0 Å². The van der Waals surface area contributed by atoms with E-state index in [4.69, 9.17) is 0 Å². The Hall–Kier alpha value is -1.66. The molecular formula is C16H16N2S. The molecule has 1 heterocycles. The van der Waals surface area contributed by atoms with Crippen LogP contribution in [0.5, 0.6) is 0 Å². The summed E-state index contributed by atoms with van der Waals surface area (Å²) < 4.78 is 0. The van der Waals surface area contributed by atoms with Crippen molar-refractivity contribution >= 4 is 11.8 Å². The Morgan fingerprint density at radius 2 is 1.95 bits per heavy atom. The summed E-state index contributed by atoms with van der Waals surface area (Å²) >= 11 is 1.74. The molecule has 0 bridgehead atoms. The van der Waals surface area contributed by atoms with Gasteiger partial charge in [0.2, 0.25) is 0 Å². The van der Waals surface area contributed by atoms with Crippen molar-refractivity contribution in [2.24, 2.45) is 0 Å². The number of aryl methyl sites for hydroxylation is 1. The Bertz CT molecular complexity index is 608. The molecule has 2 nitrogen and oxygen atoms in total. The molecule has 0 fully saturated rings. The zero-order chi connectivity index (χ0) is 13.1. The van der Waals surface area contributed by atoms with Gasteiger partial charge in [-0.2, -0.15) is 5.26 Å². The topological polar surface area (TPSA) is 39.6 Å². The van der Waals surface area contributed by atoms with E-state index < -0.39 is 0 Å². The third-order valence-electron chi connectivity index (χ3n) is 3.60. The summed E-state index contributed by atoms with van der Waals surface area (Å²) in [6.45, 7) is 0. The summed E-state index contributed by atoms with van der Waals surface area (Å²) in [7, 11) is 0. The first-order chi connectivity index (χ1) is 9.38. The molecule has 1 aliphatic carbocycles. The van der Waals surface area contributed by atoms with Crippen LogP contribution in [-0.4, -0.2) is 4.98 Å². The van der Waals surface area contributed by atoms with Crippen LogP contribution in [0.3, 0.4) is 0 Å². The van der Waals surface area contributed by atoms with Crippen molar-refractivity contribution in [1.82, 2.24) is 4.98 Å².